The second-order valence-electron chi connectivity index (χ2n) is 5.23. The molecule has 0 aliphatic rings. The van der Waals surface area contributed by atoms with Gasteiger partial charge in [0.05, 0.1) is 4.90 Å². The molecule has 2 rings (SSSR count). The zero-order chi connectivity index (χ0) is 15.3. The van der Waals surface area contributed by atoms with Gasteiger partial charge in [-0.1, -0.05) is 48.0 Å². The summed E-state index contributed by atoms with van der Waals surface area (Å²) in [6.07, 6.45) is 1.69. The van der Waals surface area contributed by atoms with Gasteiger partial charge in [0.1, 0.15) is 0 Å². The van der Waals surface area contributed by atoms with E-state index in [4.69, 9.17) is 0 Å². The molecule has 3 nitrogen and oxygen atoms in total. The summed E-state index contributed by atoms with van der Waals surface area (Å²) < 4.78 is 26.3. The Balaban J connectivity index is 1.96. The first kappa shape index (κ1) is 15.7. The van der Waals surface area contributed by atoms with E-state index in [1.165, 1.54) is 9.87 Å². The Morgan fingerprint density at radius 2 is 1.57 bits per heavy atom. The van der Waals surface area contributed by atoms with Crippen molar-refractivity contribution in [1.29, 1.82) is 0 Å². The number of hydrogen-bond donors (Lipinski definition) is 0. The van der Waals surface area contributed by atoms with Crippen LogP contribution < -0.4 is 0 Å². The number of rotatable bonds is 6. The van der Waals surface area contributed by atoms with E-state index in [-0.39, 0.29) is 0 Å². The van der Waals surface area contributed by atoms with Crippen molar-refractivity contribution in [2.75, 3.05) is 13.6 Å². The lowest BCUT2D eigenvalue weighted by Gasteiger charge is -2.17. The third-order valence-electron chi connectivity index (χ3n) is 3.51. The molecule has 0 unspecified atom stereocenters. The molecule has 0 atom stereocenters. The van der Waals surface area contributed by atoms with Gasteiger partial charge >= 0.3 is 0 Å². The van der Waals surface area contributed by atoms with Crippen molar-refractivity contribution in [3.05, 3.63) is 65.7 Å². The summed E-state index contributed by atoms with van der Waals surface area (Å²) in [4.78, 5) is 0.357. The minimum Gasteiger partial charge on any atom is -0.207 e. The molecule has 2 aromatic carbocycles. The van der Waals surface area contributed by atoms with Crippen LogP contribution >= 0.6 is 0 Å². The molecule has 0 aliphatic heterocycles. The number of sulfonamides is 1. The molecule has 0 aliphatic carbocycles. The Kier molecular flexibility index (Phi) is 5.15. The van der Waals surface area contributed by atoms with Gasteiger partial charge in [-0.3, -0.25) is 0 Å². The van der Waals surface area contributed by atoms with Gasteiger partial charge in [-0.15, -0.1) is 0 Å². The predicted molar refractivity (Wildman–Crippen MR) is 85.8 cm³/mol. The highest BCUT2D eigenvalue weighted by atomic mass is 32.2. The molecular formula is C17H21NO2S. The Morgan fingerprint density at radius 1 is 0.952 bits per heavy atom. The molecule has 0 saturated heterocycles. The SMILES string of the molecule is Cc1ccc(S(=O)(=O)N(C)CCCc2ccccc2)cc1. The smallest absolute Gasteiger partial charge is 0.207 e. The summed E-state index contributed by atoms with van der Waals surface area (Å²) in [5, 5.41) is 0. The van der Waals surface area contributed by atoms with Crippen LogP contribution in [-0.2, 0) is 16.4 Å². The van der Waals surface area contributed by atoms with Crippen LogP contribution in [0.15, 0.2) is 59.5 Å². The topological polar surface area (TPSA) is 37.4 Å². The van der Waals surface area contributed by atoms with E-state index >= 15 is 0 Å². The molecule has 0 amide bonds. The number of aryl methyl sites for hydroxylation is 2. The van der Waals surface area contributed by atoms with Gasteiger partial charge in [-0.05, 0) is 37.5 Å². The molecule has 0 aromatic heterocycles. The standard InChI is InChI=1S/C17H21NO2S/c1-15-10-12-17(13-11-15)21(19,20)18(2)14-6-9-16-7-4-3-5-8-16/h3-5,7-8,10-13H,6,9,14H2,1-2H3. The summed E-state index contributed by atoms with van der Waals surface area (Å²) >= 11 is 0. The minimum absolute atomic E-state index is 0.357. The Labute approximate surface area is 127 Å². The van der Waals surface area contributed by atoms with Gasteiger partial charge in [0.15, 0.2) is 0 Å². The van der Waals surface area contributed by atoms with E-state index in [9.17, 15) is 8.42 Å². The zero-order valence-corrected chi connectivity index (χ0v) is 13.3. The molecule has 0 N–H and O–H groups in total. The highest BCUT2D eigenvalue weighted by molar-refractivity contribution is 7.89. The fourth-order valence-electron chi connectivity index (χ4n) is 2.16. The van der Waals surface area contributed by atoms with Gasteiger partial charge in [-0.25, -0.2) is 12.7 Å². The average Bonchev–Trinajstić information content (AvgIpc) is 2.48. The van der Waals surface area contributed by atoms with Crippen LogP contribution in [0.4, 0.5) is 0 Å². The van der Waals surface area contributed by atoms with Gasteiger partial charge < -0.3 is 0 Å². The Morgan fingerprint density at radius 3 is 2.19 bits per heavy atom. The average molecular weight is 303 g/mol. The molecule has 0 saturated carbocycles. The molecule has 2 aromatic rings. The van der Waals surface area contributed by atoms with E-state index in [2.05, 4.69) is 12.1 Å². The first-order chi connectivity index (χ1) is 10.00. The largest absolute Gasteiger partial charge is 0.242 e. The van der Waals surface area contributed by atoms with Gasteiger partial charge in [0.2, 0.25) is 10.0 Å². The second-order valence-corrected chi connectivity index (χ2v) is 7.27. The lowest BCUT2D eigenvalue weighted by molar-refractivity contribution is 0.461. The summed E-state index contributed by atoms with van der Waals surface area (Å²) in [5.41, 5.74) is 2.29. The molecule has 0 fully saturated rings. The van der Waals surface area contributed by atoms with Crippen LogP contribution in [0.1, 0.15) is 17.5 Å². The van der Waals surface area contributed by atoms with E-state index in [0.717, 1.165) is 18.4 Å². The van der Waals surface area contributed by atoms with Crippen LogP contribution in [0.2, 0.25) is 0 Å². The molecular weight excluding hydrogens is 282 g/mol. The highest BCUT2D eigenvalue weighted by Crippen LogP contribution is 2.15. The van der Waals surface area contributed by atoms with Crippen molar-refractivity contribution in [2.45, 2.75) is 24.7 Å². The van der Waals surface area contributed by atoms with Gasteiger partial charge in [0.25, 0.3) is 0 Å². The van der Waals surface area contributed by atoms with Crippen molar-refractivity contribution in [3.63, 3.8) is 0 Å². The zero-order valence-electron chi connectivity index (χ0n) is 12.5. The summed E-state index contributed by atoms with van der Waals surface area (Å²) in [7, 11) is -1.74. The third kappa shape index (κ3) is 4.16. The Bertz CT molecular complexity index is 664. The normalized spacial score (nSPS) is 11.8. The third-order valence-corrected chi connectivity index (χ3v) is 5.38. The van der Waals surface area contributed by atoms with E-state index in [1.54, 1.807) is 19.2 Å². The molecule has 21 heavy (non-hydrogen) atoms. The quantitative estimate of drug-likeness (QED) is 0.821. The lowest BCUT2D eigenvalue weighted by atomic mass is 10.1. The van der Waals surface area contributed by atoms with Crippen LogP contribution in [0.5, 0.6) is 0 Å². The fourth-order valence-corrected chi connectivity index (χ4v) is 3.37. The van der Waals surface area contributed by atoms with E-state index in [0.29, 0.717) is 11.4 Å². The number of benzene rings is 2. The van der Waals surface area contributed by atoms with E-state index in [1.807, 2.05) is 37.3 Å². The van der Waals surface area contributed by atoms with Crippen molar-refractivity contribution >= 4 is 10.0 Å². The molecule has 0 radical (unpaired) electrons. The van der Waals surface area contributed by atoms with Crippen molar-refractivity contribution in [2.24, 2.45) is 0 Å². The van der Waals surface area contributed by atoms with Crippen LogP contribution in [0.3, 0.4) is 0 Å². The summed E-state index contributed by atoms with van der Waals surface area (Å²) in [6.45, 7) is 2.46. The maximum absolute atomic E-state index is 12.4. The highest BCUT2D eigenvalue weighted by Gasteiger charge is 2.19. The van der Waals surface area contributed by atoms with Crippen LogP contribution in [0, 0.1) is 6.92 Å². The predicted octanol–water partition coefficient (Wildman–Crippen LogP) is 3.25. The molecule has 112 valence electrons. The minimum atomic E-state index is -3.38. The van der Waals surface area contributed by atoms with Crippen molar-refractivity contribution in [3.8, 4) is 0 Å². The van der Waals surface area contributed by atoms with Crippen LogP contribution in [-0.4, -0.2) is 26.3 Å². The maximum Gasteiger partial charge on any atom is 0.242 e. The molecule has 0 spiro atoms. The van der Waals surface area contributed by atoms with Crippen molar-refractivity contribution < 1.29 is 8.42 Å². The number of hydrogen-bond acceptors (Lipinski definition) is 2. The molecule has 4 heteroatoms. The fraction of sp³-hybridized carbons (Fsp3) is 0.294. The van der Waals surface area contributed by atoms with E-state index < -0.39 is 10.0 Å². The first-order valence-electron chi connectivity index (χ1n) is 7.07. The molecule has 0 bridgehead atoms. The maximum atomic E-state index is 12.4. The second kappa shape index (κ2) is 6.87. The van der Waals surface area contributed by atoms with Gasteiger partial charge in [0, 0.05) is 13.6 Å². The monoisotopic (exact) mass is 303 g/mol. The lowest BCUT2D eigenvalue weighted by Crippen LogP contribution is -2.28. The van der Waals surface area contributed by atoms with Crippen LogP contribution in [0.25, 0.3) is 0 Å². The summed E-state index contributed by atoms with van der Waals surface area (Å²) in [6, 6.07) is 17.1. The summed E-state index contributed by atoms with van der Waals surface area (Å²) in [5.74, 6) is 0. The Hall–Kier alpha value is -1.65. The first-order valence-corrected chi connectivity index (χ1v) is 8.51. The number of nitrogens with zero attached hydrogens (tertiary/aromatic N) is 1. The van der Waals surface area contributed by atoms with Crippen molar-refractivity contribution in [1.82, 2.24) is 4.31 Å². The van der Waals surface area contributed by atoms with Gasteiger partial charge in [-0.2, -0.15) is 0 Å². The molecule has 0 heterocycles.